The van der Waals surface area contributed by atoms with Crippen molar-refractivity contribution in [2.24, 2.45) is 23.2 Å². The van der Waals surface area contributed by atoms with Gasteiger partial charge in [0, 0.05) is 11.5 Å². The lowest BCUT2D eigenvalue weighted by Gasteiger charge is -2.36. The summed E-state index contributed by atoms with van der Waals surface area (Å²) in [6.07, 6.45) is 9.43. The minimum absolute atomic E-state index is 0.0427. The predicted molar refractivity (Wildman–Crippen MR) is 86.0 cm³/mol. The lowest BCUT2D eigenvalue weighted by atomic mass is 9.76. The number of carbonyl (C=O) groups is 1. The van der Waals surface area contributed by atoms with Crippen LogP contribution in [0.3, 0.4) is 0 Å². The van der Waals surface area contributed by atoms with Crippen molar-refractivity contribution >= 4 is 5.91 Å². The monoisotopic (exact) mass is 292 g/mol. The summed E-state index contributed by atoms with van der Waals surface area (Å²) in [5.74, 6) is 2.66. The number of hydrogen-bond acceptors (Lipinski definition) is 2. The summed E-state index contributed by atoms with van der Waals surface area (Å²) in [5.41, 5.74) is -0.0427. The molecule has 0 radical (unpaired) electrons. The van der Waals surface area contributed by atoms with Crippen molar-refractivity contribution in [1.29, 1.82) is 0 Å². The summed E-state index contributed by atoms with van der Waals surface area (Å²) >= 11 is 0. The summed E-state index contributed by atoms with van der Waals surface area (Å²) < 4.78 is 0. The zero-order chi connectivity index (χ0) is 14.9. The van der Waals surface area contributed by atoms with Gasteiger partial charge in [0.1, 0.15) is 0 Å². The van der Waals surface area contributed by atoms with Crippen molar-refractivity contribution < 1.29 is 4.79 Å². The van der Waals surface area contributed by atoms with Gasteiger partial charge in [-0.05, 0) is 69.4 Å². The van der Waals surface area contributed by atoms with Crippen molar-refractivity contribution in [2.45, 2.75) is 71.3 Å². The van der Waals surface area contributed by atoms with Crippen LogP contribution in [0.4, 0.5) is 0 Å². The Morgan fingerprint density at radius 2 is 1.90 bits per heavy atom. The van der Waals surface area contributed by atoms with E-state index < -0.39 is 0 Å². The molecular weight excluding hydrogens is 260 g/mol. The van der Waals surface area contributed by atoms with E-state index in [1.807, 2.05) is 0 Å². The molecule has 2 saturated carbocycles. The molecular formula is C18H32N2O. The average Bonchev–Trinajstić information content (AvgIpc) is 3.06. The second-order valence-corrected chi connectivity index (χ2v) is 8.25. The summed E-state index contributed by atoms with van der Waals surface area (Å²) in [5, 5.41) is 6.97. The molecule has 1 unspecified atom stereocenters. The SMILES string of the molecule is CC(C)CC1(C(=O)NC2CC[C@H]3CNC[C@H]3C2)CCCC1. The van der Waals surface area contributed by atoms with Gasteiger partial charge in [-0.3, -0.25) is 4.79 Å². The molecule has 3 heteroatoms. The first-order valence-electron chi connectivity index (χ1n) is 9.11. The van der Waals surface area contributed by atoms with E-state index >= 15 is 0 Å². The number of fused-ring (bicyclic) bond motifs is 1. The lowest BCUT2D eigenvalue weighted by Crippen LogP contribution is -2.47. The molecule has 0 bridgehead atoms. The van der Waals surface area contributed by atoms with Crippen LogP contribution < -0.4 is 10.6 Å². The van der Waals surface area contributed by atoms with Gasteiger partial charge in [-0.15, -0.1) is 0 Å². The average molecular weight is 292 g/mol. The fraction of sp³-hybridized carbons (Fsp3) is 0.944. The molecule has 2 aliphatic carbocycles. The van der Waals surface area contributed by atoms with Gasteiger partial charge in [-0.2, -0.15) is 0 Å². The Kier molecular flexibility index (Phi) is 4.58. The molecule has 0 aromatic carbocycles. The quantitative estimate of drug-likeness (QED) is 0.836. The third-order valence-corrected chi connectivity index (χ3v) is 6.13. The number of rotatable bonds is 4. The Balaban J connectivity index is 1.59. The van der Waals surface area contributed by atoms with Crippen LogP contribution in [0.1, 0.15) is 65.2 Å². The molecule has 21 heavy (non-hydrogen) atoms. The zero-order valence-electron chi connectivity index (χ0n) is 13.8. The summed E-state index contributed by atoms with van der Waals surface area (Å²) in [6.45, 7) is 6.86. The molecule has 1 amide bonds. The minimum atomic E-state index is -0.0427. The fourth-order valence-electron chi connectivity index (χ4n) is 5.13. The number of hydrogen-bond donors (Lipinski definition) is 2. The summed E-state index contributed by atoms with van der Waals surface area (Å²) in [7, 11) is 0. The molecule has 3 atom stereocenters. The Morgan fingerprint density at radius 1 is 1.19 bits per heavy atom. The summed E-state index contributed by atoms with van der Waals surface area (Å²) in [4.78, 5) is 12.9. The highest BCUT2D eigenvalue weighted by Gasteiger charge is 2.43. The highest BCUT2D eigenvalue weighted by Crippen LogP contribution is 2.44. The lowest BCUT2D eigenvalue weighted by molar-refractivity contribution is -0.133. The van der Waals surface area contributed by atoms with Gasteiger partial charge in [-0.25, -0.2) is 0 Å². The van der Waals surface area contributed by atoms with Crippen molar-refractivity contribution in [3.8, 4) is 0 Å². The molecule has 0 aromatic heterocycles. The molecule has 1 saturated heterocycles. The van der Waals surface area contributed by atoms with Crippen molar-refractivity contribution in [1.82, 2.24) is 10.6 Å². The molecule has 120 valence electrons. The Hall–Kier alpha value is -0.570. The van der Waals surface area contributed by atoms with Gasteiger partial charge in [0.25, 0.3) is 0 Å². The maximum Gasteiger partial charge on any atom is 0.226 e. The molecule has 3 aliphatic rings. The van der Waals surface area contributed by atoms with Crippen LogP contribution in [0.5, 0.6) is 0 Å². The molecule has 0 spiro atoms. The first-order valence-corrected chi connectivity index (χ1v) is 9.11. The summed E-state index contributed by atoms with van der Waals surface area (Å²) in [6, 6.07) is 0.434. The van der Waals surface area contributed by atoms with E-state index in [9.17, 15) is 4.79 Å². The topological polar surface area (TPSA) is 41.1 Å². The number of carbonyl (C=O) groups excluding carboxylic acids is 1. The highest BCUT2D eigenvalue weighted by atomic mass is 16.2. The van der Waals surface area contributed by atoms with E-state index in [0.29, 0.717) is 17.9 Å². The maximum absolute atomic E-state index is 12.9. The van der Waals surface area contributed by atoms with Crippen LogP contribution in [0, 0.1) is 23.2 Å². The molecule has 3 nitrogen and oxygen atoms in total. The first kappa shape index (κ1) is 15.3. The Bertz CT molecular complexity index is 373. The van der Waals surface area contributed by atoms with Gasteiger partial charge in [0.15, 0.2) is 0 Å². The van der Waals surface area contributed by atoms with Crippen LogP contribution >= 0.6 is 0 Å². The van der Waals surface area contributed by atoms with Crippen LogP contribution in [0.25, 0.3) is 0 Å². The van der Waals surface area contributed by atoms with Gasteiger partial charge >= 0.3 is 0 Å². The number of amides is 1. The van der Waals surface area contributed by atoms with E-state index in [0.717, 1.165) is 37.6 Å². The molecule has 3 rings (SSSR count). The van der Waals surface area contributed by atoms with E-state index in [2.05, 4.69) is 24.5 Å². The standard InChI is InChI=1S/C18H32N2O/c1-13(2)10-18(7-3-4-8-18)17(21)20-16-6-5-14-11-19-12-15(14)9-16/h13-16,19H,3-12H2,1-2H3,(H,20,21)/t14-,15+,16?/m0/s1. The van der Waals surface area contributed by atoms with Crippen LogP contribution in [0.15, 0.2) is 0 Å². The second kappa shape index (κ2) is 6.28. The zero-order valence-corrected chi connectivity index (χ0v) is 13.8. The third-order valence-electron chi connectivity index (χ3n) is 6.13. The van der Waals surface area contributed by atoms with E-state index in [-0.39, 0.29) is 5.41 Å². The third kappa shape index (κ3) is 3.28. The Morgan fingerprint density at radius 3 is 2.62 bits per heavy atom. The fourth-order valence-corrected chi connectivity index (χ4v) is 5.13. The molecule has 2 N–H and O–H groups in total. The molecule has 1 heterocycles. The van der Waals surface area contributed by atoms with Gasteiger partial charge in [0.2, 0.25) is 5.91 Å². The number of nitrogens with one attached hydrogen (secondary N) is 2. The van der Waals surface area contributed by atoms with Crippen molar-refractivity contribution in [2.75, 3.05) is 13.1 Å². The van der Waals surface area contributed by atoms with Crippen molar-refractivity contribution in [3.63, 3.8) is 0 Å². The van der Waals surface area contributed by atoms with E-state index in [1.54, 1.807) is 0 Å². The molecule has 1 aliphatic heterocycles. The molecule has 0 aromatic rings. The normalized spacial score (nSPS) is 34.9. The Labute approximate surface area is 129 Å². The predicted octanol–water partition coefficient (Wildman–Crippen LogP) is 3.10. The van der Waals surface area contributed by atoms with Crippen molar-refractivity contribution in [3.05, 3.63) is 0 Å². The second-order valence-electron chi connectivity index (χ2n) is 8.25. The highest BCUT2D eigenvalue weighted by molar-refractivity contribution is 5.83. The molecule has 3 fully saturated rings. The van der Waals surface area contributed by atoms with Gasteiger partial charge < -0.3 is 10.6 Å². The van der Waals surface area contributed by atoms with Gasteiger partial charge in [0.05, 0.1) is 0 Å². The first-order chi connectivity index (χ1) is 10.1. The largest absolute Gasteiger partial charge is 0.353 e. The van der Waals surface area contributed by atoms with Crippen LogP contribution in [0.2, 0.25) is 0 Å². The van der Waals surface area contributed by atoms with Crippen LogP contribution in [-0.2, 0) is 4.79 Å². The minimum Gasteiger partial charge on any atom is -0.353 e. The van der Waals surface area contributed by atoms with Gasteiger partial charge in [-0.1, -0.05) is 26.7 Å². The van der Waals surface area contributed by atoms with E-state index in [4.69, 9.17) is 0 Å². The smallest absolute Gasteiger partial charge is 0.226 e. The maximum atomic E-state index is 12.9. The van der Waals surface area contributed by atoms with E-state index in [1.165, 1.54) is 38.6 Å². The van der Waals surface area contributed by atoms with Crippen LogP contribution in [-0.4, -0.2) is 25.0 Å².